The first kappa shape index (κ1) is 60.2. The molecule has 1 radical (unpaired) electrons. The van der Waals surface area contributed by atoms with Gasteiger partial charge in [-0.25, -0.2) is 4.79 Å². The highest BCUT2D eigenvalue weighted by Gasteiger charge is 2.61. The van der Waals surface area contributed by atoms with Crippen molar-refractivity contribution in [2.45, 2.75) is 83.4 Å². The molecular weight excluding hydrogens is 1020 g/mol. The van der Waals surface area contributed by atoms with Gasteiger partial charge in [0.1, 0.15) is 17.7 Å². The molecule has 425 valence electrons. The topological polar surface area (TPSA) is 224 Å². The van der Waals surface area contributed by atoms with E-state index in [9.17, 15) is 19.2 Å². The minimum Gasteiger partial charge on any atom is -0.444 e. The Kier molecular flexibility index (Phi) is 22.0. The van der Waals surface area contributed by atoms with Crippen molar-refractivity contribution in [2.75, 3.05) is 78.9 Å². The molecule has 5 amide bonds. The lowest BCUT2D eigenvalue weighted by Crippen LogP contribution is -2.66. The number of nitrogens with one attached hydrogen (secondary N) is 2. The Morgan fingerprint density at radius 2 is 0.812 bits per heavy atom. The number of benzene rings is 4. The van der Waals surface area contributed by atoms with E-state index in [0.717, 1.165) is 0 Å². The number of ether oxygens (including phenoxy) is 4. The number of nitrogens with zero attached hydrogens (tertiary/aromatic N) is 3. The highest BCUT2D eigenvalue weighted by molar-refractivity contribution is 6.25. The molecule has 0 bridgehead atoms. The van der Waals surface area contributed by atoms with Crippen LogP contribution in [0.4, 0.5) is 4.79 Å². The van der Waals surface area contributed by atoms with Crippen molar-refractivity contribution in [3.8, 4) is 0 Å². The molecule has 0 aromatic heterocycles. The smallest absolute Gasteiger partial charge is 0.408 e. The van der Waals surface area contributed by atoms with Gasteiger partial charge in [-0.05, 0) is 62.3 Å². The summed E-state index contributed by atoms with van der Waals surface area (Å²) < 4.78 is 22.2. The summed E-state index contributed by atoms with van der Waals surface area (Å²) >= 11 is 0. The summed E-state index contributed by atoms with van der Waals surface area (Å²) in [6, 6.07) is 30.7. The Morgan fingerprint density at radius 3 is 1.15 bits per heavy atom. The van der Waals surface area contributed by atoms with E-state index >= 15 is 24.0 Å². The number of ketones is 3. The summed E-state index contributed by atoms with van der Waals surface area (Å²) in [7, 11) is 0. The highest BCUT2D eigenvalue weighted by Crippen LogP contribution is 2.38. The van der Waals surface area contributed by atoms with E-state index < -0.39 is 107 Å². The van der Waals surface area contributed by atoms with E-state index in [1.54, 1.807) is 147 Å². The summed E-state index contributed by atoms with van der Waals surface area (Å²) in [5.74, 6) is -10.5. The molecule has 5 atom stereocenters. The molecule has 0 spiro atoms. The largest absolute Gasteiger partial charge is 0.444 e. The predicted octanol–water partition coefficient (Wildman–Crippen LogP) is 4.73. The monoisotopic (exact) mass is 1100 g/mol. The molecule has 4 unspecified atom stereocenters. The number of hydrogen-bond donors (Lipinski definition) is 2. The maximum atomic E-state index is 16.7. The number of hydrogen-bond acceptors (Lipinski definition) is 13. The number of carbonyl (C=O) groups excluding carboxylic acids is 9. The first-order valence-electron chi connectivity index (χ1n) is 27.6. The van der Waals surface area contributed by atoms with E-state index in [1.807, 2.05) is 6.29 Å². The molecule has 7 rings (SSSR count). The van der Waals surface area contributed by atoms with Gasteiger partial charge in [0.15, 0.2) is 22.8 Å². The van der Waals surface area contributed by atoms with Crippen molar-refractivity contribution in [1.29, 1.82) is 0 Å². The number of morpholine rings is 3. The Labute approximate surface area is 468 Å². The summed E-state index contributed by atoms with van der Waals surface area (Å²) in [5, 5.41) is 5.35. The molecular formula is C62H74N5O13. The molecule has 0 saturated carbocycles. The maximum absolute atomic E-state index is 16.7. The van der Waals surface area contributed by atoms with Gasteiger partial charge in [0.2, 0.25) is 29.9 Å². The summed E-state index contributed by atoms with van der Waals surface area (Å²) in [4.78, 5) is 143. The van der Waals surface area contributed by atoms with Gasteiger partial charge in [0.25, 0.3) is 0 Å². The third-order valence-corrected chi connectivity index (χ3v) is 14.7. The molecule has 0 aliphatic carbocycles. The second-order valence-electron chi connectivity index (χ2n) is 21.6. The quantitative estimate of drug-likeness (QED) is 0.0858. The first-order valence-corrected chi connectivity index (χ1v) is 27.6. The van der Waals surface area contributed by atoms with Gasteiger partial charge in [-0.3, -0.25) is 38.4 Å². The molecule has 18 heteroatoms. The summed E-state index contributed by atoms with van der Waals surface area (Å²) in [6.07, 6.45) is -1.54. The van der Waals surface area contributed by atoms with E-state index in [1.165, 1.54) is 9.80 Å². The number of rotatable bonds is 25. The zero-order valence-electron chi connectivity index (χ0n) is 46.0. The third kappa shape index (κ3) is 16.8. The molecule has 80 heavy (non-hydrogen) atoms. The second kappa shape index (κ2) is 29.2. The van der Waals surface area contributed by atoms with Crippen LogP contribution in [-0.4, -0.2) is 165 Å². The number of carbonyl (C=O) groups is 8. The van der Waals surface area contributed by atoms with Crippen molar-refractivity contribution >= 4 is 53.4 Å². The van der Waals surface area contributed by atoms with Crippen LogP contribution >= 0.6 is 0 Å². The average Bonchev–Trinajstić information content (AvgIpc) is 3.54. The lowest BCUT2D eigenvalue weighted by atomic mass is 9.62. The van der Waals surface area contributed by atoms with Gasteiger partial charge >= 0.3 is 6.09 Å². The molecule has 2 N–H and O–H groups in total. The highest BCUT2D eigenvalue weighted by atomic mass is 16.6. The Morgan fingerprint density at radius 1 is 0.487 bits per heavy atom. The van der Waals surface area contributed by atoms with Gasteiger partial charge in [-0.1, -0.05) is 121 Å². The minimum atomic E-state index is -3.32. The van der Waals surface area contributed by atoms with Crippen LogP contribution in [0.5, 0.6) is 0 Å². The molecule has 4 aromatic rings. The zero-order chi connectivity index (χ0) is 57.1. The van der Waals surface area contributed by atoms with Crippen LogP contribution in [0.15, 0.2) is 121 Å². The molecule has 3 fully saturated rings. The van der Waals surface area contributed by atoms with Gasteiger partial charge < -0.3 is 44.3 Å². The Hall–Kier alpha value is -7.41. The van der Waals surface area contributed by atoms with Crippen LogP contribution in [0.2, 0.25) is 0 Å². The van der Waals surface area contributed by atoms with Crippen LogP contribution in [0.1, 0.15) is 62.3 Å². The second-order valence-corrected chi connectivity index (χ2v) is 21.6. The zero-order valence-corrected chi connectivity index (χ0v) is 46.0. The van der Waals surface area contributed by atoms with Crippen molar-refractivity contribution in [3.63, 3.8) is 0 Å². The van der Waals surface area contributed by atoms with Gasteiger partial charge in [-0.15, -0.1) is 0 Å². The molecule has 3 heterocycles. The Balaban J connectivity index is 1.47. The van der Waals surface area contributed by atoms with E-state index in [0.29, 0.717) is 22.3 Å². The number of Topliss-reactive ketones (excluding diaryl/α,β-unsaturated/α-hetero) is 3. The fourth-order valence-corrected chi connectivity index (χ4v) is 10.5. The lowest BCUT2D eigenvalue weighted by Gasteiger charge is -2.40. The average molecular weight is 1100 g/mol. The molecule has 3 saturated heterocycles. The van der Waals surface area contributed by atoms with E-state index in [4.69, 9.17) is 18.9 Å². The fourth-order valence-electron chi connectivity index (χ4n) is 10.5. The van der Waals surface area contributed by atoms with E-state index in [-0.39, 0.29) is 105 Å². The number of alkyl carbamates (subject to hydrolysis) is 1. The van der Waals surface area contributed by atoms with Crippen LogP contribution in [0.3, 0.4) is 0 Å². The maximum Gasteiger partial charge on any atom is 0.408 e. The predicted molar refractivity (Wildman–Crippen MR) is 295 cm³/mol. The van der Waals surface area contributed by atoms with Crippen LogP contribution < -0.4 is 10.6 Å². The van der Waals surface area contributed by atoms with Crippen molar-refractivity contribution in [3.05, 3.63) is 144 Å². The Bertz CT molecular complexity index is 2630. The summed E-state index contributed by atoms with van der Waals surface area (Å²) in [5.41, 5.74) is -2.13. The molecule has 3 aliphatic rings. The minimum absolute atomic E-state index is 0.158. The standard InChI is InChI=1S/C62H74N5O13/c1-61(2,3)80-60(76)63-51(39-47-22-14-7-15-23-47)59(75)64-56(55(72)48(36-44-16-8-4-9-17-44)40-52(69)65-24-30-77-31-25-65)62(43-68,57(73)49(37-45-18-10-5-11-19-45)41-53(70)66-26-32-78-33-27-66)58(74)50(38-46-20-12-6-13-21-46)42-54(71)67-28-34-79-35-29-67/h4-23,48-51,56H,24-42H2,1-3H3,(H,63,76)(H,64,75)/t48?,49?,50?,51-,56?,62?/m0/s1. The first-order chi connectivity index (χ1) is 38.5. The van der Waals surface area contributed by atoms with Crippen molar-refractivity contribution in [2.24, 2.45) is 23.2 Å². The van der Waals surface area contributed by atoms with Crippen LogP contribution in [0.25, 0.3) is 0 Å². The van der Waals surface area contributed by atoms with Crippen molar-refractivity contribution in [1.82, 2.24) is 25.3 Å². The molecule has 4 aromatic carbocycles. The third-order valence-electron chi connectivity index (χ3n) is 14.7. The van der Waals surface area contributed by atoms with Gasteiger partial charge in [0, 0.05) is 82.7 Å². The molecule has 18 nitrogen and oxygen atoms in total. The van der Waals surface area contributed by atoms with Gasteiger partial charge in [-0.2, -0.15) is 0 Å². The normalized spacial score (nSPS) is 17.5. The summed E-state index contributed by atoms with van der Waals surface area (Å²) in [6.45, 7) is 7.47. The van der Waals surface area contributed by atoms with Crippen LogP contribution in [-0.2, 0) is 83.0 Å². The van der Waals surface area contributed by atoms with Gasteiger partial charge in [0.05, 0.1) is 39.6 Å². The fraction of sp³-hybridized carbons (Fsp3) is 0.468. The lowest BCUT2D eigenvalue weighted by molar-refractivity contribution is -0.152. The van der Waals surface area contributed by atoms with Crippen molar-refractivity contribution < 1.29 is 62.1 Å². The molecule has 3 aliphatic heterocycles. The number of amides is 5. The van der Waals surface area contributed by atoms with E-state index in [2.05, 4.69) is 10.6 Å². The SMILES string of the molecule is CC(C)(C)OC(=O)N[C@@H](Cc1ccccc1)C(=O)NC(C(=O)C(CC(=O)N1CCOCC1)Cc1ccccc1)C([C]=O)(C(=O)C(CC(=O)N1CCOCC1)Cc1ccccc1)C(=O)C(CC(=O)N1CCOCC1)Cc1ccccc1. The van der Waals surface area contributed by atoms with Crippen LogP contribution in [0, 0.1) is 23.2 Å².